The smallest absolute Gasteiger partial charge is 0.163 e. The van der Waals surface area contributed by atoms with Gasteiger partial charge < -0.3 is 4.42 Å². The number of rotatable bonds is 1. The van der Waals surface area contributed by atoms with Gasteiger partial charge in [0.25, 0.3) is 0 Å². The third kappa shape index (κ3) is 1.75. The molecule has 0 aliphatic heterocycles. The predicted octanol–water partition coefficient (Wildman–Crippen LogP) is 4.59. The van der Waals surface area contributed by atoms with E-state index in [0.29, 0.717) is 0 Å². The van der Waals surface area contributed by atoms with E-state index in [-0.39, 0.29) is 0 Å². The van der Waals surface area contributed by atoms with Crippen molar-refractivity contribution in [2.45, 2.75) is 0 Å². The first-order chi connectivity index (χ1) is 11.4. The molecular formula is C19H11N3O. The van der Waals surface area contributed by atoms with Crippen molar-refractivity contribution in [1.29, 1.82) is 0 Å². The van der Waals surface area contributed by atoms with Crippen LogP contribution in [0.5, 0.6) is 0 Å². The molecule has 0 bridgehead atoms. The van der Waals surface area contributed by atoms with Crippen LogP contribution in [0.2, 0.25) is 0 Å². The standard InChI is InChI=1S/C19H11N3O/c1-2-6-16-12(4-1)13-7-10-22-18(19(13)23-16)17-14-5-3-9-20-15(14)8-11-21-17/h1-11H. The van der Waals surface area contributed by atoms with Gasteiger partial charge in [0.1, 0.15) is 17.0 Å². The second kappa shape index (κ2) is 4.61. The Kier molecular flexibility index (Phi) is 2.46. The molecule has 0 saturated heterocycles. The van der Waals surface area contributed by atoms with Gasteiger partial charge in [-0.15, -0.1) is 0 Å². The molecule has 0 radical (unpaired) electrons. The van der Waals surface area contributed by atoms with Crippen molar-refractivity contribution < 1.29 is 4.42 Å². The summed E-state index contributed by atoms with van der Waals surface area (Å²) in [6.45, 7) is 0. The first-order valence-electron chi connectivity index (χ1n) is 7.38. The average molecular weight is 297 g/mol. The van der Waals surface area contributed by atoms with E-state index in [2.05, 4.69) is 21.0 Å². The number of hydrogen-bond acceptors (Lipinski definition) is 4. The van der Waals surface area contributed by atoms with E-state index in [1.807, 2.05) is 42.5 Å². The number of pyridine rings is 3. The van der Waals surface area contributed by atoms with E-state index in [9.17, 15) is 0 Å². The highest BCUT2D eigenvalue weighted by Crippen LogP contribution is 2.35. The van der Waals surface area contributed by atoms with Crippen molar-refractivity contribution in [2.75, 3.05) is 0 Å². The van der Waals surface area contributed by atoms with Gasteiger partial charge in [-0.2, -0.15) is 0 Å². The summed E-state index contributed by atoms with van der Waals surface area (Å²) in [5.41, 5.74) is 4.05. The lowest BCUT2D eigenvalue weighted by atomic mass is 10.1. The Bertz CT molecular complexity index is 1170. The number of furan rings is 1. The number of nitrogens with zero attached hydrogens (tertiary/aromatic N) is 3. The van der Waals surface area contributed by atoms with Gasteiger partial charge in [-0.1, -0.05) is 18.2 Å². The summed E-state index contributed by atoms with van der Waals surface area (Å²) >= 11 is 0. The Labute approximate surface area is 131 Å². The highest BCUT2D eigenvalue weighted by Gasteiger charge is 2.15. The summed E-state index contributed by atoms with van der Waals surface area (Å²) in [4.78, 5) is 13.5. The van der Waals surface area contributed by atoms with Crippen LogP contribution in [-0.4, -0.2) is 15.0 Å². The molecule has 0 aliphatic carbocycles. The molecule has 0 N–H and O–H groups in total. The molecule has 108 valence electrons. The van der Waals surface area contributed by atoms with Crippen LogP contribution >= 0.6 is 0 Å². The normalized spacial score (nSPS) is 11.5. The van der Waals surface area contributed by atoms with Crippen LogP contribution in [0.1, 0.15) is 0 Å². The summed E-state index contributed by atoms with van der Waals surface area (Å²) in [5.74, 6) is 0. The number of fused-ring (bicyclic) bond motifs is 4. The van der Waals surface area contributed by atoms with Gasteiger partial charge in [-0.25, -0.2) is 0 Å². The first-order valence-corrected chi connectivity index (χ1v) is 7.38. The topological polar surface area (TPSA) is 51.8 Å². The van der Waals surface area contributed by atoms with Crippen LogP contribution in [0.15, 0.2) is 71.5 Å². The van der Waals surface area contributed by atoms with E-state index in [0.717, 1.165) is 44.2 Å². The first kappa shape index (κ1) is 12.3. The van der Waals surface area contributed by atoms with E-state index >= 15 is 0 Å². The van der Waals surface area contributed by atoms with Crippen molar-refractivity contribution in [3.05, 3.63) is 67.1 Å². The van der Waals surface area contributed by atoms with Gasteiger partial charge in [-0.05, 0) is 30.3 Å². The van der Waals surface area contributed by atoms with Crippen LogP contribution < -0.4 is 0 Å². The molecule has 1 aromatic carbocycles. The molecule has 5 aromatic rings. The summed E-state index contributed by atoms with van der Waals surface area (Å²) in [7, 11) is 0. The Morgan fingerprint density at radius 3 is 2.43 bits per heavy atom. The fourth-order valence-electron chi connectivity index (χ4n) is 3.01. The number of para-hydroxylation sites is 1. The van der Waals surface area contributed by atoms with Crippen LogP contribution in [0, 0.1) is 0 Å². The molecule has 4 nitrogen and oxygen atoms in total. The molecule has 0 fully saturated rings. The highest BCUT2D eigenvalue weighted by molar-refractivity contribution is 6.10. The van der Waals surface area contributed by atoms with Gasteiger partial charge in [0.05, 0.1) is 5.52 Å². The highest BCUT2D eigenvalue weighted by atomic mass is 16.3. The van der Waals surface area contributed by atoms with Gasteiger partial charge in [0.2, 0.25) is 0 Å². The number of hydrogen-bond donors (Lipinski definition) is 0. The van der Waals surface area contributed by atoms with Gasteiger partial charge in [-0.3, -0.25) is 15.0 Å². The summed E-state index contributed by atoms with van der Waals surface area (Å²) < 4.78 is 6.06. The fraction of sp³-hybridized carbons (Fsp3) is 0. The SMILES string of the molecule is c1ccc2c(c1)oc1c(-c3nccc4ncccc34)nccc12. The maximum atomic E-state index is 6.06. The van der Waals surface area contributed by atoms with E-state index in [4.69, 9.17) is 4.42 Å². The minimum Gasteiger partial charge on any atom is -0.454 e. The molecule has 0 unspecified atom stereocenters. The molecule has 5 rings (SSSR count). The Hall–Kier alpha value is -3.27. The van der Waals surface area contributed by atoms with Crippen molar-refractivity contribution in [1.82, 2.24) is 15.0 Å². The van der Waals surface area contributed by atoms with Gasteiger partial charge >= 0.3 is 0 Å². The second-order valence-electron chi connectivity index (χ2n) is 5.36. The molecule has 0 amide bonds. The van der Waals surface area contributed by atoms with Crippen LogP contribution in [-0.2, 0) is 0 Å². The van der Waals surface area contributed by atoms with E-state index in [1.165, 1.54) is 0 Å². The minimum absolute atomic E-state index is 0.748. The molecule has 4 heterocycles. The number of aromatic nitrogens is 3. The lowest BCUT2D eigenvalue weighted by Gasteiger charge is -2.04. The van der Waals surface area contributed by atoms with Gasteiger partial charge in [0.15, 0.2) is 5.58 Å². The Balaban J connectivity index is 1.93. The second-order valence-corrected chi connectivity index (χ2v) is 5.36. The Morgan fingerprint density at radius 2 is 1.43 bits per heavy atom. The number of benzene rings is 1. The molecule has 0 saturated carbocycles. The Morgan fingerprint density at radius 1 is 0.609 bits per heavy atom. The molecule has 0 spiro atoms. The van der Waals surface area contributed by atoms with Crippen molar-refractivity contribution in [3.8, 4) is 11.4 Å². The van der Waals surface area contributed by atoms with E-state index in [1.54, 1.807) is 18.6 Å². The lowest BCUT2D eigenvalue weighted by molar-refractivity contribution is 0.668. The average Bonchev–Trinajstić information content (AvgIpc) is 3.00. The van der Waals surface area contributed by atoms with E-state index < -0.39 is 0 Å². The van der Waals surface area contributed by atoms with Crippen molar-refractivity contribution >= 4 is 32.8 Å². The maximum Gasteiger partial charge on any atom is 0.163 e. The largest absolute Gasteiger partial charge is 0.454 e. The summed E-state index contributed by atoms with van der Waals surface area (Å²) in [6, 6.07) is 15.8. The third-order valence-corrected chi connectivity index (χ3v) is 4.05. The monoisotopic (exact) mass is 297 g/mol. The lowest BCUT2D eigenvalue weighted by Crippen LogP contribution is -1.90. The molecule has 0 aliphatic rings. The molecule has 23 heavy (non-hydrogen) atoms. The zero-order valence-electron chi connectivity index (χ0n) is 12.1. The molecular weight excluding hydrogens is 286 g/mol. The van der Waals surface area contributed by atoms with Crippen molar-refractivity contribution in [2.24, 2.45) is 0 Å². The third-order valence-electron chi connectivity index (χ3n) is 4.05. The predicted molar refractivity (Wildman–Crippen MR) is 90.0 cm³/mol. The van der Waals surface area contributed by atoms with Crippen LogP contribution in [0.3, 0.4) is 0 Å². The summed E-state index contributed by atoms with van der Waals surface area (Å²) in [5, 5.41) is 3.10. The zero-order chi connectivity index (χ0) is 15.2. The maximum absolute atomic E-state index is 6.06. The molecule has 4 aromatic heterocycles. The summed E-state index contributed by atoms with van der Waals surface area (Å²) in [6.07, 6.45) is 5.34. The quantitative estimate of drug-likeness (QED) is 0.454. The van der Waals surface area contributed by atoms with Crippen LogP contribution in [0.4, 0.5) is 0 Å². The van der Waals surface area contributed by atoms with Crippen LogP contribution in [0.25, 0.3) is 44.2 Å². The fourth-order valence-corrected chi connectivity index (χ4v) is 3.01. The minimum atomic E-state index is 0.748. The molecule has 0 atom stereocenters. The molecule has 4 heteroatoms. The van der Waals surface area contributed by atoms with Gasteiger partial charge in [0, 0.05) is 34.7 Å². The zero-order valence-corrected chi connectivity index (χ0v) is 12.1. The van der Waals surface area contributed by atoms with Crippen molar-refractivity contribution in [3.63, 3.8) is 0 Å².